The molecule has 0 radical (unpaired) electrons. The van der Waals surface area contributed by atoms with Crippen molar-refractivity contribution >= 4 is 0 Å². The van der Waals surface area contributed by atoms with Gasteiger partial charge in [0.15, 0.2) is 0 Å². The predicted molar refractivity (Wildman–Crippen MR) is 138 cm³/mol. The van der Waals surface area contributed by atoms with Crippen molar-refractivity contribution in [2.75, 3.05) is 0 Å². The summed E-state index contributed by atoms with van der Waals surface area (Å²) < 4.78 is 0. The molecule has 3 fully saturated rings. The maximum absolute atomic E-state index is 10.5. The van der Waals surface area contributed by atoms with Gasteiger partial charge in [-0.1, -0.05) is 64.2 Å². The van der Waals surface area contributed by atoms with Crippen molar-refractivity contribution in [3.63, 3.8) is 0 Å². The minimum Gasteiger partial charge on any atom is -0.393 e. The minimum atomic E-state index is -0.638. The second kappa shape index (κ2) is 11.1. The number of aliphatic hydroxyl groups excluding tert-OH is 2. The van der Waals surface area contributed by atoms with E-state index in [1.54, 1.807) is 5.57 Å². The average Bonchev–Trinajstić information content (AvgIpc) is 3.15. The number of hydrogen-bond donors (Lipinski definition) is 3. The molecule has 3 nitrogen and oxygen atoms in total. The Morgan fingerprint density at radius 3 is 2.61 bits per heavy atom. The maximum atomic E-state index is 10.5. The number of fused-ring (bicyclic) bond motifs is 1. The quantitative estimate of drug-likeness (QED) is 0.358. The zero-order chi connectivity index (χ0) is 24.2. The molecule has 0 aromatic rings. The monoisotopic (exact) mass is 456 g/mol. The van der Waals surface area contributed by atoms with Crippen molar-refractivity contribution in [3.05, 3.63) is 47.6 Å². The van der Waals surface area contributed by atoms with E-state index in [0.29, 0.717) is 30.1 Å². The lowest BCUT2D eigenvalue weighted by Gasteiger charge is -2.44. The minimum absolute atomic E-state index is 0.363. The lowest BCUT2D eigenvalue weighted by Crippen LogP contribution is -2.36. The van der Waals surface area contributed by atoms with Crippen LogP contribution in [-0.2, 0) is 0 Å². The van der Waals surface area contributed by atoms with Crippen molar-refractivity contribution in [1.82, 2.24) is 0 Å². The van der Waals surface area contributed by atoms with Crippen LogP contribution in [0.2, 0.25) is 0 Å². The van der Waals surface area contributed by atoms with Crippen LogP contribution in [0.3, 0.4) is 0 Å². The van der Waals surface area contributed by atoms with Crippen molar-refractivity contribution in [3.8, 4) is 0 Å². The van der Waals surface area contributed by atoms with Crippen LogP contribution < -0.4 is 0 Å². The fraction of sp³-hybridized carbons (Fsp3) is 0.733. The molecule has 0 heterocycles. The summed E-state index contributed by atoms with van der Waals surface area (Å²) >= 11 is 0. The lowest BCUT2D eigenvalue weighted by atomic mass is 9.60. The molecule has 6 atom stereocenters. The summed E-state index contributed by atoms with van der Waals surface area (Å²) in [6.07, 6.45) is 18.7. The van der Waals surface area contributed by atoms with Crippen LogP contribution in [0, 0.1) is 23.2 Å². The van der Waals surface area contributed by atoms with Crippen LogP contribution >= 0.6 is 0 Å². The molecule has 33 heavy (non-hydrogen) atoms. The Bertz CT molecular complexity index is 771. The molecule has 0 aromatic carbocycles. The summed E-state index contributed by atoms with van der Waals surface area (Å²) in [5.41, 5.74) is 3.07. The van der Waals surface area contributed by atoms with E-state index in [1.165, 1.54) is 32.1 Å². The van der Waals surface area contributed by atoms with Gasteiger partial charge in [-0.25, -0.2) is 0 Å². The Balaban J connectivity index is 1.66. The number of hydrogen-bond acceptors (Lipinski definition) is 3. The number of aliphatic hydroxyl groups is 3. The molecule has 0 bridgehead atoms. The Kier molecular flexibility index (Phi) is 8.86. The van der Waals surface area contributed by atoms with Crippen molar-refractivity contribution in [2.24, 2.45) is 23.2 Å². The molecule has 0 saturated heterocycles. The van der Waals surface area contributed by atoms with Crippen LogP contribution in [-0.4, -0.2) is 33.1 Å². The smallest absolute Gasteiger partial charge is 0.0822 e. The first-order chi connectivity index (χ1) is 15.6. The molecule has 0 amide bonds. The van der Waals surface area contributed by atoms with Crippen molar-refractivity contribution in [1.29, 1.82) is 0 Å². The molecule has 3 aliphatic rings. The van der Waals surface area contributed by atoms with Crippen LogP contribution in [0.1, 0.15) is 98.3 Å². The van der Waals surface area contributed by atoms with Crippen LogP contribution in [0.5, 0.6) is 0 Å². The van der Waals surface area contributed by atoms with Gasteiger partial charge in [-0.2, -0.15) is 0 Å². The van der Waals surface area contributed by atoms with Crippen molar-refractivity contribution in [2.45, 2.75) is 116 Å². The van der Waals surface area contributed by atoms with E-state index < -0.39 is 17.8 Å². The SMILES string of the molecule is C=C1/C(=C\C=C2/CCC[C@@]3(C)[C@H]2CC[C@H]3[C@H](C)CC/C=C/C(O)(CC)CC)C[C@@H](O)C[C@@H]1O. The van der Waals surface area contributed by atoms with E-state index in [-0.39, 0.29) is 0 Å². The fourth-order valence-corrected chi connectivity index (χ4v) is 7.03. The molecule has 3 heteroatoms. The van der Waals surface area contributed by atoms with Gasteiger partial charge in [0.25, 0.3) is 0 Å². The lowest BCUT2D eigenvalue weighted by molar-refractivity contribution is 0.0819. The van der Waals surface area contributed by atoms with Gasteiger partial charge in [0.05, 0.1) is 17.8 Å². The van der Waals surface area contributed by atoms with Gasteiger partial charge in [-0.3, -0.25) is 0 Å². The van der Waals surface area contributed by atoms with Crippen LogP contribution in [0.4, 0.5) is 0 Å². The highest BCUT2D eigenvalue weighted by molar-refractivity contribution is 5.38. The van der Waals surface area contributed by atoms with Crippen molar-refractivity contribution < 1.29 is 15.3 Å². The zero-order valence-electron chi connectivity index (χ0n) is 21.5. The van der Waals surface area contributed by atoms with Gasteiger partial charge in [0.2, 0.25) is 0 Å². The van der Waals surface area contributed by atoms with E-state index in [1.807, 2.05) is 6.08 Å². The van der Waals surface area contributed by atoms with Gasteiger partial charge < -0.3 is 15.3 Å². The fourth-order valence-electron chi connectivity index (χ4n) is 7.03. The summed E-state index contributed by atoms with van der Waals surface area (Å²) in [5, 5.41) is 30.7. The maximum Gasteiger partial charge on any atom is 0.0822 e. The van der Waals surface area contributed by atoms with E-state index in [2.05, 4.69) is 52.5 Å². The average molecular weight is 457 g/mol. The number of allylic oxidation sites excluding steroid dienone is 4. The van der Waals surface area contributed by atoms with Gasteiger partial charge in [-0.05, 0) is 98.5 Å². The van der Waals surface area contributed by atoms with Gasteiger partial charge in [-0.15, -0.1) is 0 Å². The Labute approximate surface area is 202 Å². The largest absolute Gasteiger partial charge is 0.393 e. The Morgan fingerprint density at radius 2 is 1.91 bits per heavy atom. The summed E-state index contributed by atoms with van der Waals surface area (Å²) in [7, 11) is 0. The first-order valence-electron chi connectivity index (χ1n) is 13.5. The number of rotatable bonds is 8. The van der Waals surface area contributed by atoms with E-state index in [9.17, 15) is 15.3 Å². The summed E-state index contributed by atoms with van der Waals surface area (Å²) in [6, 6.07) is 0. The van der Waals surface area contributed by atoms with E-state index in [4.69, 9.17) is 0 Å². The Hall–Kier alpha value is -1.16. The molecule has 0 spiro atoms. The highest BCUT2D eigenvalue weighted by Crippen LogP contribution is 2.59. The summed E-state index contributed by atoms with van der Waals surface area (Å²) in [4.78, 5) is 0. The van der Waals surface area contributed by atoms with E-state index >= 15 is 0 Å². The molecule has 3 saturated carbocycles. The topological polar surface area (TPSA) is 60.7 Å². The predicted octanol–water partition coefficient (Wildman–Crippen LogP) is 6.65. The third kappa shape index (κ3) is 5.92. The Morgan fingerprint density at radius 1 is 1.18 bits per heavy atom. The molecule has 186 valence electrons. The first kappa shape index (κ1) is 26.4. The van der Waals surface area contributed by atoms with Crippen LogP contribution in [0.15, 0.2) is 47.6 Å². The van der Waals surface area contributed by atoms with Gasteiger partial charge in [0.1, 0.15) is 0 Å². The molecule has 0 unspecified atom stereocenters. The standard InChI is InChI=1S/C30H48O3/c1-6-30(33,7-2)18-9-8-11-21(3)26-15-16-27-23(12-10-17-29(26,27)5)13-14-24-19-25(31)20-28(32)22(24)4/h9,13-14,18,21,25-28,31-33H,4,6-8,10-12,15-17,19-20H2,1-3,5H3/b18-9+,23-13+,24-14-/t21-,25-,26+,27+,28+,29-/m1/s1. The third-order valence-corrected chi connectivity index (χ3v) is 9.43. The highest BCUT2D eigenvalue weighted by atomic mass is 16.3. The molecule has 3 N–H and O–H groups in total. The molecular formula is C30H48O3. The first-order valence-corrected chi connectivity index (χ1v) is 13.5. The third-order valence-electron chi connectivity index (χ3n) is 9.43. The summed E-state index contributed by atoms with van der Waals surface area (Å²) in [6.45, 7) is 13.1. The second-order valence-corrected chi connectivity index (χ2v) is 11.4. The second-order valence-electron chi connectivity index (χ2n) is 11.4. The van der Waals surface area contributed by atoms with Gasteiger partial charge >= 0.3 is 0 Å². The van der Waals surface area contributed by atoms with Gasteiger partial charge in [0, 0.05) is 6.42 Å². The molecule has 3 rings (SSSR count). The van der Waals surface area contributed by atoms with Crippen LogP contribution in [0.25, 0.3) is 0 Å². The molecule has 0 aromatic heterocycles. The highest BCUT2D eigenvalue weighted by Gasteiger charge is 2.50. The van der Waals surface area contributed by atoms with E-state index in [0.717, 1.165) is 42.7 Å². The molecular weight excluding hydrogens is 408 g/mol. The normalized spacial score (nSPS) is 36.6. The molecule has 0 aliphatic heterocycles. The molecule has 3 aliphatic carbocycles. The summed E-state index contributed by atoms with van der Waals surface area (Å²) in [5.74, 6) is 2.07. The zero-order valence-corrected chi connectivity index (χ0v) is 21.5.